The van der Waals surface area contributed by atoms with Gasteiger partial charge in [0.05, 0.1) is 17.8 Å². The maximum atomic E-state index is 6.29. The van der Waals surface area contributed by atoms with Crippen molar-refractivity contribution >= 4 is 29.6 Å². The highest BCUT2D eigenvalue weighted by atomic mass is 35.5. The summed E-state index contributed by atoms with van der Waals surface area (Å²) in [6.45, 7) is 2.95. The monoisotopic (exact) mass is 416 g/mol. The van der Waals surface area contributed by atoms with Gasteiger partial charge in [-0.2, -0.15) is 9.78 Å². The molecular formula is C20H21ClN4O2S. The molecule has 0 bridgehead atoms. The second kappa shape index (κ2) is 10.1. The number of para-hydroxylation sites is 1. The summed E-state index contributed by atoms with van der Waals surface area (Å²) >= 11 is 7.75. The second-order valence-electron chi connectivity index (χ2n) is 5.80. The molecule has 2 aromatic carbocycles. The summed E-state index contributed by atoms with van der Waals surface area (Å²) in [7, 11) is 0. The van der Waals surface area contributed by atoms with E-state index in [-0.39, 0.29) is 6.61 Å². The van der Waals surface area contributed by atoms with Crippen molar-refractivity contribution in [3.05, 3.63) is 64.9 Å². The molecule has 8 heteroatoms. The Morgan fingerprint density at radius 3 is 2.68 bits per heavy atom. The maximum absolute atomic E-state index is 6.29. The van der Waals surface area contributed by atoms with Crippen LogP contribution in [0.4, 0.5) is 0 Å². The smallest absolute Gasteiger partial charge is 0.211 e. The number of thioether (sulfide) groups is 1. The Morgan fingerprint density at radius 2 is 1.96 bits per heavy atom. The van der Waals surface area contributed by atoms with Crippen LogP contribution in [0.2, 0.25) is 5.02 Å². The van der Waals surface area contributed by atoms with Crippen molar-refractivity contribution in [1.82, 2.24) is 14.9 Å². The van der Waals surface area contributed by atoms with Gasteiger partial charge in [0.15, 0.2) is 5.82 Å². The van der Waals surface area contributed by atoms with E-state index < -0.39 is 0 Å². The number of ether oxygens (including phenoxy) is 2. The Kier molecular flexibility index (Phi) is 7.33. The Labute approximate surface area is 173 Å². The number of nitrogens with zero attached hydrogens (tertiary/aromatic N) is 4. The van der Waals surface area contributed by atoms with Crippen LogP contribution in [-0.4, -0.2) is 34.0 Å². The minimum Gasteiger partial charge on any atom is -0.492 e. The highest BCUT2D eigenvalue weighted by Gasteiger charge is 2.11. The third-order valence-corrected chi connectivity index (χ3v) is 4.63. The van der Waals surface area contributed by atoms with Gasteiger partial charge in [-0.05, 0) is 48.6 Å². The Hall–Kier alpha value is -2.51. The first kappa shape index (κ1) is 20.2. The molecule has 0 saturated heterocycles. The van der Waals surface area contributed by atoms with Crippen LogP contribution >= 0.6 is 23.4 Å². The lowest BCUT2D eigenvalue weighted by atomic mass is 10.2. The van der Waals surface area contributed by atoms with Crippen molar-refractivity contribution < 1.29 is 9.47 Å². The first-order valence-corrected chi connectivity index (χ1v) is 10.4. The summed E-state index contributed by atoms with van der Waals surface area (Å²) in [5.74, 6) is 2.05. The van der Waals surface area contributed by atoms with E-state index in [1.807, 2.05) is 54.8 Å². The lowest BCUT2D eigenvalue weighted by molar-refractivity contribution is 0.290. The summed E-state index contributed by atoms with van der Waals surface area (Å²) in [6.07, 6.45) is 4.57. The van der Waals surface area contributed by atoms with E-state index in [0.717, 1.165) is 17.7 Å². The molecule has 1 heterocycles. The zero-order chi connectivity index (χ0) is 19.8. The lowest BCUT2D eigenvalue weighted by Crippen LogP contribution is -2.05. The Bertz CT molecular complexity index is 931. The quantitative estimate of drug-likeness (QED) is 0.366. The molecule has 28 heavy (non-hydrogen) atoms. The van der Waals surface area contributed by atoms with Crippen LogP contribution < -0.4 is 9.47 Å². The molecule has 0 saturated carbocycles. The molecule has 0 aliphatic carbocycles. The molecule has 0 amide bonds. The molecule has 0 radical (unpaired) electrons. The molecule has 3 rings (SSSR count). The fraction of sp³-hybridized carbons (Fsp3) is 0.250. The van der Waals surface area contributed by atoms with E-state index in [0.29, 0.717) is 28.4 Å². The van der Waals surface area contributed by atoms with Crippen molar-refractivity contribution in [3.63, 3.8) is 0 Å². The lowest BCUT2D eigenvalue weighted by Gasteiger charge is -2.07. The average Bonchev–Trinajstić information content (AvgIpc) is 3.12. The van der Waals surface area contributed by atoms with Crippen LogP contribution in [0.1, 0.15) is 24.7 Å². The molecule has 0 fully saturated rings. The third kappa shape index (κ3) is 5.27. The van der Waals surface area contributed by atoms with Crippen molar-refractivity contribution in [2.45, 2.75) is 25.1 Å². The number of benzene rings is 2. The predicted molar refractivity (Wildman–Crippen MR) is 113 cm³/mol. The van der Waals surface area contributed by atoms with Gasteiger partial charge in [0.2, 0.25) is 5.16 Å². The topological polar surface area (TPSA) is 61.5 Å². The van der Waals surface area contributed by atoms with E-state index in [2.05, 4.69) is 22.2 Å². The highest BCUT2D eigenvalue weighted by Crippen LogP contribution is 2.25. The first-order valence-electron chi connectivity index (χ1n) is 8.84. The van der Waals surface area contributed by atoms with E-state index >= 15 is 0 Å². The summed E-state index contributed by atoms with van der Waals surface area (Å²) in [5.41, 5.74) is 0.851. The van der Waals surface area contributed by atoms with E-state index in [1.165, 1.54) is 11.8 Å². The Balaban J connectivity index is 1.75. The zero-order valence-electron chi connectivity index (χ0n) is 15.7. The minimum absolute atomic E-state index is 0.263. The van der Waals surface area contributed by atoms with Gasteiger partial charge in [-0.3, -0.25) is 0 Å². The van der Waals surface area contributed by atoms with Gasteiger partial charge >= 0.3 is 0 Å². The second-order valence-corrected chi connectivity index (χ2v) is 6.98. The standard InChI is InChI=1S/C20H21ClN4O2S/c1-3-11-26-18-10-9-15(12-17(18)21)13-22-25-19(23-24-20(25)28-2)14-27-16-7-5-4-6-8-16/h4-10,12-13H,3,11,14H2,1-2H3/b22-13-. The third-order valence-electron chi connectivity index (χ3n) is 3.71. The normalized spacial score (nSPS) is 11.1. The fourth-order valence-electron chi connectivity index (χ4n) is 2.34. The SMILES string of the molecule is CCCOc1ccc(/C=N\n2c(COc3ccccc3)nnc2SC)cc1Cl. The number of aromatic nitrogens is 3. The number of halogens is 1. The molecule has 0 aliphatic rings. The predicted octanol–water partition coefficient (Wildman–Crippen LogP) is 4.90. The van der Waals surface area contributed by atoms with Crippen molar-refractivity contribution in [2.75, 3.05) is 12.9 Å². The number of hydrogen-bond acceptors (Lipinski definition) is 6. The van der Waals surface area contributed by atoms with Gasteiger partial charge in [-0.15, -0.1) is 10.2 Å². The summed E-state index contributed by atoms with van der Waals surface area (Å²) in [6, 6.07) is 15.1. The van der Waals surface area contributed by atoms with E-state index in [4.69, 9.17) is 21.1 Å². The van der Waals surface area contributed by atoms with Crippen LogP contribution in [0.3, 0.4) is 0 Å². The molecule has 1 aromatic heterocycles. The van der Waals surface area contributed by atoms with Gasteiger partial charge in [0.1, 0.15) is 18.1 Å². The molecule has 0 atom stereocenters. The van der Waals surface area contributed by atoms with E-state index in [9.17, 15) is 0 Å². The van der Waals surface area contributed by atoms with Crippen LogP contribution in [0.5, 0.6) is 11.5 Å². The molecule has 0 aliphatic heterocycles. The summed E-state index contributed by atoms with van der Waals surface area (Å²) in [5, 5.41) is 14.1. The minimum atomic E-state index is 0.263. The average molecular weight is 417 g/mol. The molecule has 3 aromatic rings. The van der Waals surface area contributed by atoms with Gasteiger partial charge in [-0.1, -0.05) is 48.5 Å². The van der Waals surface area contributed by atoms with Crippen molar-refractivity contribution in [2.24, 2.45) is 5.10 Å². The van der Waals surface area contributed by atoms with Crippen molar-refractivity contribution in [1.29, 1.82) is 0 Å². The number of hydrogen-bond donors (Lipinski definition) is 0. The van der Waals surface area contributed by atoms with Crippen LogP contribution in [-0.2, 0) is 6.61 Å². The van der Waals surface area contributed by atoms with Gasteiger partial charge in [0.25, 0.3) is 0 Å². The molecular weight excluding hydrogens is 396 g/mol. The molecule has 0 N–H and O–H groups in total. The highest BCUT2D eigenvalue weighted by molar-refractivity contribution is 7.98. The zero-order valence-corrected chi connectivity index (χ0v) is 17.3. The first-order chi connectivity index (χ1) is 13.7. The van der Waals surface area contributed by atoms with Gasteiger partial charge in [-0.25, -0.2) is 0 Å². The van der Waals surface area contributed by atoms with E-state index in [1.54, 1.807) is 10.9 Å². The van der Waals surface area contributed by atoms with Gasteiger partial charge < -0.3 is 9.47 Å². The van der Waals surface area contributed by atoms with Crippen LogP contribution in [0.25, 0.3) is 0 Å². The molecule has 6 nitrogen and oxygen atoms in total. The fourth-order valence-corrected chi connectivity index (χ4v) is 3.04. The maximum Gasteiger partial charge on any atom is 0.211 e. The molecule has 0 unspecified atom stereocenters. The summed E-state index contributed by atoms with van der Waals surface area (Å²) < 4.78 is 13.0. The summed E-state index contributed by atoms with van der Waals surface area (Å²) in [4.78, 5) is 0. The van der Waals surface area contributed by atoms with Crippen LogP contribution in [0, 0.1) is 0 Å². The van der Waals surface area contributed by atoms with Gasteiger partial charge in [0, 0.05) is 0 Å². The molecule has 0 spiro atoms. The largest absolute Gasteiger partial charge is 0.492 e. The Morgan fingerprint density at radius 1 is 1.14 bits per heavy atom. The number of rotatable bonds is 9. The van der Waals surface area contributed by atoms with Crippen molar-refractivity contribution in [3.8, 4) is 11.5 Å². The van der Waals surface area contributed by atoms with Crippen LogP contribution in [0.15, 0.2) is 58.8 Å². The molecule has 146 valence electrons.